The van der Waals surface area contributed by atoms with Crippen molar-refractivity contribution >= 4 is 44.1 Å². The number of fused-ring (bicyclic) bond motifs is 1. The van der Waals surface area contributed by atoms with E-state index >= 15 is 0 Å². The molecule has 0 spiro atoms. The van der Waals surface area contributed by atoms with Crippen molar-refractivity contribution in [2.45, 2.75) is 6.54 Å². The number of pyridine rings is 1. The number of para-hydroxylation sites is 1. The van der Waals surface area contributed by atoms with Crippen LogP contribution >= 0.6 is 27.5 Å². The lowest BCUT2D eigenvalue weighted by Crippen LogP contribution is -2.02. The number of rotatable bonds is 3. The normalized spacial score (nSPS) is 10.8. The Bertz CT molecular complexity index is 807. The van der Waals surface area contributed by atoms with Gasteiger partial charge in [0, 0.05) is 33.2 Å². The van der Waals surface area contributed by atoms with Crippen molar-refractivity contribution in [2.75, 3.05) is 5.32 Å². The summed E-state index contributed by atoms with van der Waals surface area (Å²) in [6.07, 6.45) is 1.75. The number of aromatic nitrogens is 1. The molecule has 0 radical (unpaired) electrons. The fraction of sp³-hybridized carbons (Fsp3) is 0.0625. The second-order valence-corrected chi connectivity index (χ2v) is 5.97. The van der Waals surface area contributed by atoms with Gasteiger partial charge in [-0.05, 0) is 40.2 Å². The molecule has 0 saturated carbocycles. The van der Waals surface area contributed by atoms with Gasteiger partial charge in [0.2, 0.25) is 0 Å². The van der Waals surface area contributed by atoms with Crippen LogP contribution in [0.5, 0.6) is 0 Å². The zero-order valence-corrected chi connectivity index (χ0v) is 13.2. The molecule has 3 rings (SSSR count). The number of hydrogen-bond donors (Lipinski definition) is 1. The number of anilines is 1. The molecule has 0 saturated heterocycles. The predicted octanol–water partition coefficient (Wildman–Crippen LogP) is 5.40. The van der Waals surface area contributed by atoms with E-state index in [-0.39, 0.29) is 5.82 Å². The van der Waals surface area contributed by atoms with Crippen LogP contribution in [0.25, 0.3) is 10.9 Å². The maximum absolute atomic E-state index is 13.8. The molecule has 0 bridgehead atoms. The van der Waals surface area contributed by atoms with E-state index in [0.717, 1.165) is 21.1 Å². The number of hydrogen-bond acceptors (Lipinski definition) is 2. The minimum Gasteiger partial charge on any atom is -0.379 e. The van der Waals surface area contributed by atoms with Gasteiger partial charge in [0.05, 0.1) is 11.2 Å². The Balaban J connectivity index is 1.88. The second-order valence-electron chi connectivity index (χ2n) is 4.62. The van der Waals surface area contributed by atoms with Gasteiger partial charge in [0.1, 0.15) is 5.82 Å². The summed E-state index contributed by atoms with van der Waals surface area (Å²) in [5, 5.41) is 4.64. The third-order valence-electron chi connectivity index (χ3n) is 3.16. The van der Waals surface area contributed by atoms with Crippen molar-refractivity contribution in [3.05, 3.63) is 69.5 Å². The van der Waals surface area contributed by atoms with Crippen LogP contribution in [0.2, 0.25) is 5.02 Å². The van der Waals surface area contributed by atoms with Crippen LogP contribution in [-0.4, -0.2) is 4.98 Å². The first-order chi connectivity index (χ1) is 10.1. The van der Waals surface area contributed by atoms with Crippen molar-refractivity contribution < 1.29 is 4.39 Å². The summed E-state index contributed by atoms with van der Waals surface area (Å²) in [5.41, 5.74) is 2.29. The number of benzene rings is 2. The average molecular weight is 366 g/mol. The van der Waals surface area contributed by atoms with Crippen LogP contribution in [0.3, 0.4) is 0 Å². The highest BCUT2D eigenvalue weighted by Gasteiger charge is 2.06. The lowest BCUT2D eigenvalue weighted by molar-refractivity contribution is 0.613. The van der Waals surface area contributed by atoms with Crippen LogP contribution in [0.15, 0.2) is 53.1 Å². The summed E-state index contributed by atoms with van der Waals surface area (Å²) in [4.78, 5) is 4.41. The van der Waals surface area contributed by atoms with Crippen molar-refractivity contribution in [1.82, 2.24) is 4.98 Å². The molecule has 2 aromatic carbocycles. The lowest BCUT2D eigenvalue weighted by Gasteiger charge is -2.10. The third-order valence-corrected chi connectivity index (χ3v) is 3.83. The molecular formula is C16H11BrClFN2. The zero-order chi connectivity index (χ0) is 14.8. The number of nitrogens with zero attached hydrogens (tertiary/aromatic N) is 1. The van der Waals surface area contributed by atoms with Crippen LogP contribution in [0.1, 0.15) is 5.56 Å². The van der Waals surface area contributed by atoms with Crippen molar-refractivity contribution in [2.24, 2.45) is 0 Å². The van der Waals surface area contributed by atoms with Gasteiger partial charge in [-0.3, -0.25) is 4.98 Å². The van der Waals surface area contributed by atoms with Crippen molar-refractivity contribution in [3.8, 4) is 0 Å². The Morgan fingerprint density at radius 3 is 2.86 bits per heavy atom. The largest absolute Gasteiger partial charge is 0.379 e. The molecule has 106 valence electrons. The first kappa shape index (κ1) is 14.3. The topological polar surface area (TPSA) is 24.9 Å². The van der Waals surface area contributed by atoms with Crippen molar-refractivity contribution in [1.29, 1.82) is 0 Å². The fourth-order valence-electron chi connectivity index (χ4n) is 2.13. The van der Waals surface area contributed by atoms with Gasteiger partial charge in [-0.1, -0.05) is 29.8 Å². The van der Waals surface area contributed by atoms with Crippen molar-refractivity contribution in [3.63, 3.8) is 0 Å². The van der Waals surface area contributed by atoms with Crippen LogP contribution in [0.4, 0.5) is 10.1 Å². The Hall–Kier alpha value is -1.65. The smallest absolute Gasteiger partial charge is 0.129 e. The molecule has 1 aromatic heterocycles. The van der Waals surface area contributed by atoms with Crippen LogP contribution < -0.4 is 5.32 Å². The van der Waals surface area contributed by atoms with Gasteiger partial charge < -0.3 is 5.32 Å². The first-order valence-corrected chi connectivity index (χ1v) is 7.52. The molecular weight excluding hydrogens is 355 g/mol. The molecule has 21 heavy (non-hydrogen) atoms. The molecule has 0 amide bonds. The van der Waals surface area contributed by atoms with E-state index in [1.165, 1.54) is 6.07 Å². The summed E-state index contributed by atoms with van der Waals surface area (Å²) in [5.74, 6) is -0.314. The molecule has 2 nitrogen and oxygen atoms in total. The van der Waals surface area contributed by atoms with Gasteiger partial charge in [0.25, 0.3) is 0 Å². The zero-order valence-electron chi connectivity index (χ0n) is 10.9. The molecule has 0 aliphatic rings. The first-order valence-electron chi connectivity index (χ1n) is 6.35. The highest BCUT2D eigenvalue weighted by Crippen LogP contribution is 2.25. The molecule has 0 unspecified atom stereocenters. The Labute approximate surface area is 135 Å². The number of halogens is 3. The molecule has 0 atom stereocenters. The standard InChI is InChI=1S/C16H11BrClFN2/c17-12-6-10-2-1-3-15(16(10)21-9-12)20-8-11-4-5-13(18)7-14(11)19/h1-7,9,20H,8H2. The number of nitrogens with one attached hydrogen (secondary N) is 1. The lowest BCUT2D eigenvalue weighted by atomic mass is 10.1. The predicted molar refractivity (Wildman–Crippen MR) is 88.2 cm³/mol. The van der Waals surface area contributed by atoms with E-state index < -0.39 is 0 Å². The van der Waals surface area contributed by atoms with E-state index in [1.807, 2.05) is 24.3 Å². The fourth-order valence-corrected chi connectivity index (χ4v) is 2.64. The highest BCUT2D eigenvalue weighted by molar-refractivity contribution is 9.10. The van der Waals surface area contributed by atoms with Gasteiger partial charge in [0.15, 0.2) is 0 Å². The molecule has 0 aliphatic carbocycles. The van der Waals surface area contributed by atoms with Gasteiger partial charge >= 0.3 is 0 Å². The van der Waals surface area contributed by atoms with E-state index in [1.54, 1.807) is 18.3 Å². The molecule has 3 aromatic rings. The summed E-state index contributed by atoms with van der Waals surface area (Å²) in [6, 6.07) is 12.5. The maximum atomic E-state index is 13.8. The van der Waals surface area contributed by atoms with Gasteiger partial charge in [-0.2, -0.15) is 0 Å². The SMILES string of the molecule is Fc1cc(Cl)ccc1CNc1cccc2cc(Br)cnc12. The molecule has 1 heterocycles. The summed E-state index contributed by atoms with van der Waals surface area (Å²) in [6.45, 7) is 0.375. The minimum absolute atomic E-state index is 0.314. The molecule has 0 aliphatic heterocycles. The minimum atomic E-state index is -0.314. The van der Waals surface area contributed by atoms with E-state index in [2.05, 4.69) is 26.2 Å². The van der Waals surface area contributed by atoms with Gasteiger partial charge in [-0.25, -0.2) is 4.39 Å². The third kappa shape index (κ3) is 3.17. The second kappa shape index (κ2) is 6.00. The molecule has 5 heteroatoms. The monoisotopic (exact) mass is 364 g/mol. The average Bonchev–Trinajstić information content (AvgIpc) is 2.46. The van der Waals surface area contributed by atoms with Crippen LogP contribution in [-0.2, 0) is 6.54 Å². The van der Waals surface area contributed by atoms with Crippen LogP contribution in [0, 0.1) is 5.82 Å². The van der Waals surface area contributed by atoms with Gasteiger partial charge in [-0.15, -0.1) is 0 Å². The molecule has 1 N–H and O–H groups in total. The molecule has 0 fully saturated rings. The Morgan fingerprint density at radius 2 is 2.05 bits per heavy atom. The Kier molecular flexibility index (Phi) is 4.08. The Morgan fingerprint density at radius 1 is 1.19 bits per heavy atom. The quantitative estimate of drug-likeness (QED) is 0.672. The van der Waals surface area contributed by atoms with E-state index in [9.17, 15) is 4.39 Å². The highest BCUT2D eigenvalue weighted by atomic mass is 79.9. The van der Waals surface area contributed by atoms with E-state index in [4.69, 9.17) is 11.6 Å². The van der Waals surface area contributed by atoms with E-state index in [0.29, 0.717) is 17.1 Å². The summed E-state index contributed by atoms with van der Waals surface area (Å²) >= 11 is 9.16. The maximum Gasteiger partial charge on any atom is 0.129 e. The summed E-state index contributed by atoms with van der Waals surface area (Å²) in [7, 11) is 0. The summed E-state index contributed by atoms with van der Waals surface area (Å²) < 4.78 is 14.7.